The van der Waals surface area contributed by atoms with Gasteiger partial charge in [0.2, 0.25) is 5.91 Å². The van der Waals surface area contributed by atoms with Crippen LogP contribution in [0, 0.1) is 0 Å². The van der Waals surface area contributed by atoms with Crippen LogP contribution in [0.25, 0.3) is 0 Å². The lowest BCUT2D eigenvalue weighted by atomic mass is 10.2. The van der Waals surface area contributed by atoms with Gasteiger partial charge in [0, 0.05) is 6.20 Å². The maximum absolute atomic E-state index is 10.9. The average Bonchev–Trinajstić information content (AvgIpc) is 2.16. The predicted octanol–water partition coefficient (Wildman–Crippen LogP) is 0.144. The summed E-state index contributed by atoms with van der Waals surface area (Å²) < 4.78 is 0. The maximum atomic E-state index is 10.9. The summed E-state index contributed by atoms with van der Waals surface area (Å²) in [6, 6.07) is 1.43. The van der Waals surface area contributed by atoms with Crippen molar-refractivity contribution >= 4 is 23.4 Å². The third kappa shape index (κ3) is 1.37. The topological polar surface area (TPSA) is 91.3 Å². The van der Waals surface area contributed by atoms with E-state index in [0.717, 1.165) is 0 Å². The molecular formula is C8H7N3O3. The van der Waals surface area contributed by atoms with Crippen molar-refractivity contribution in [2.24, 2.45) is 0 Å². The van der Waals surface area contributed by atoms with Gasteiger partial charge in [-0.05, 0) is 6.07 Å². The van der Waals surface area contributed by atoms with Crippen LogP contribution in [0.3, 0.4) is 0 Å². The highest BCUT2D eigenvalue weighted by Crippen LogP contribution is 2.22. The molecule has 0 fully saturated rings. The number of pyridine rings is 1. The van der Waals surface area contributed by atoms with Crippen LogP contribution in [0.5, 0.6) is 0 Å². The van der Waals surface area contributed by atoms with Gasteiger partial charge in [0.25, 0.3) is 0 Å². The zero-order chi connectivity index (χ0) is 10.1. The number of nitrogens with one attached hydrogen (secondary N) is 2. The Morgan fingerprint density at radius 2 is 2.36 bits per heavy atom. The fraction of sp³-hybridized carbons (Fsp3) is 0.125. The van der Waals surface area contributed by atoms with Gasteiger partial charge in [0.15, 0.2) is 5.82 Å². The molecule has 72 valence electrons. The van der Waals surface area contributed by atoms with Gasteiger partial charge in [-0.25, -0.2) is 9.78 Å². The van der Waals surface area contributed by atoms with Gasteiger partial charge < -0.3 is 15.7 Å². The van der Waals surface area contributed by atoms with Crippen LogP contribution >= 0.6 is 0 Å². The van der Waals surface area contributed by atoms with Gasteiger partial charge in [-0.15, -0.1) is 0 Å². The van der Waals surface area contributed by atoms with E-state index in [9.17, 15) is 9.59 Å². The summed E-state index contributed by atoms with van der Waals surface area (Å²) in [6.45, 7) is 0.137. The number of carbonyl (C=O) groups is 2. The molecule has 0 unspecified atom stereocenters. The van der Waals surface area contributed by atoms with E-state index in [1.807, 2.05) is 0 Å². The van der Waals surface area contributed by atoms with Gasteiger partial charge >= 0.3 is 5.97 Å². The van der Waals surface area contributed by atoms with Gasteiger partial charge in [0.05, 0.1) is 17.8 Å². The largest absolute Gasteiger partial charge is 0.478 e. The molecule has 3 N–H and O–H groups in total. The fourth-order valence-electron chi connectivity index (χ4n) is 1.17. The van der Waals surface area contributed by atoms with Crippen LogP contribution in [0.4, 0.5) is 11.5 Å². The summed E-state index contributed by atoms with van der Waals surface area (Å²) in [5.74, 6) is -0.863. The van der Waals surface area contributed by atoms with Crippen molar-refractivity contribution in [1.82, 2.24) is 4.98 Å². The van der Waals surface area contributed by atoms with E-state index in [1.165, 1.54) is 12.3 Å². The summed E-state index contributed by atoms with van der Waals surface area (Å²) in [5, 5.41) is 14.0. The number of carboxylic acid groups (broad SMARTS) is 1. The molecule has 14 heavy (non-hydrogen) atoms. The third-order valence-electron chi connectivity index (χ3n) is 1.83. The number of amides is 1. The molecule has 0 saturated carbocycles. The van der Waals surface area contributed by atoms with Gasteiger partial charge in [-0.1, -0.05) is 0 Å². The lowest BCUT2D eigenvalue weighted by molar-refractivity contribution is -0.114. The molecule has 0 radical (unpaired) electrons. The Labute approximate surface area is 79.0 Å². The van der Waals surface area contributed by atoms with E-state index in [-0.39, 0.29) is 18.0 Å². The van der Waals surface area contributed by atoms with Crippen LogP contribution in [0.1, 0.15) is 10.4 Å². The predicted molar refractivity (Wildman–Crippen MR) is 48.3 cm³/mol. The number of carboxylic acids is 1. The minimum atomic E-state index is -1.04. The second-order valence-electron chi connectivity index (χ2n) is 2.83. The molecule has 2 heterocycles. The molecule has 1 aliphatic heterocycles. The van der Waals surface area contributed by atoms with Gasteiger partial charge in [-0.3, -0.25) is 4.79 Å². The standard InChI is InChI=1S/C8H7N3O3/c12-6-3-9-5-1-4(8(13)14)2-10-7(5)11-6/h1-2,9H,3H2,(H,13,14)(H,10,11,12). The Kier molecular flexibility index (Phi) is 1.81. The van der Waals surface area contributed by atoms with Crippen molar-refractivity contribution < 1.29 is 14.7 Å². The number of rotatable bonds is 1. The molecule has 0 aliphatic carbocycles. The highest BCUT2D eigenvalue weighted by atomic mass is 16.4. The molecule has 0 saturated heterocycles. The third-order valence-corrected chi connectivity index (χ3v) is 1.83. The van der Waals surface area contributed by atoms with Crippen molar-refractivity contribution in [3.63, 3.8) is 0 Å². The second-order valence-corrected chi connectivity index (χ2v) is 2.83. The monoisotopic (exact) mass is 193 g/mol. The van der Waals surface area contributed by atoms with E-state index < -0.39 is 5.97 Å². The number of aromatic nitrogens is 1. The van der Waals surface area contributed by atoms with Gasteiger partial charge in [0.1, 0.15) is 0 Å². The van der Waals surface area contributed by atoms with Gasteiger partial charge in [-0.2, -0.15) is 0 Å². The summed E-state index contributed by atoms with van der Waals surface area (Å²) in [4.78, 5) is 25.3. The fourth-order valence-corrected chi connectivity index (χ4v) is 1.17. The Morgan fingerprint density at radius 3 is 3.07 bits per heavy atom. The molecule has 1 aliphatic rings. The molecule has 0 atom stereocenters. The molecule has 1 aromatic heterocycles. The summed E-state index contributed by atoms with van der Waals surface area (Å²) in [6.07, 6.45) is 1.20. The second kappa shape index (κ2) is 2.99. The highest BCUT2D eigenvalue weighted by molar-refractivity contribution is 6.00. The van der Waals surface area contributed by atoms with Crippen molar-refractivity contribution in [3.8, 4) is 0 Å². The van der Waals surface area contributed by atoms with Crippen LogP contribution in [-0.4, -0.2) is 28.5 Å². The molecule has 0 spiro atoms. The number of nitrogens with zero attached hydrogens (tertiary/aromatic N) is 1. The first-order chi connectivity index (χ1) is 6.66. The van der Waals surface area contributed by atoms with E-state index in [2.05, 4.69) is 15.6 Å². The molecule has 0 aromatic carbocycles. The van der Waals surface area contributed by atoms with Crippen molar-refractivity contribution in [2.75, 3.05) is 17.2 Å². The van der Waals surface area contributed by atoms with E-state index in [0.29, 0.717) is 11.5 Å². The minimum Gasteiger partial charge on any atom is -0.478 e. The first-order valence-corrected chi connectivity index (χ1v) is 3.94. The van der Waals surface area contributed by atoms with Crippen molar-refractivity contribution in [1.29, 1.82) is 0 Å². The van der Waals surface area contributed by atoms with Crippen LogP contribution < -0.4 is 10.6 Å². The Hall–Kier alpha value is -2.11. The summed E-state index contributed by atoms with van der Waals surface area (Å²) in [7, 11) is 0. The first-order valence-electron chi connectivity index (χ1n) is 3.94. The van der Waals surface area contributed by atoms with E-state index in [1.54, 1.807) is 0 Å². The molecule has 2 rings (SSSR count). The van der Waals surface area contributed by atoms with Crippen LogP contribution in [0.15, 0.2) is 12.3 Å². The summed E-state index contributed by atoms with van der Waals surface area (Å²) >= 11 is 0. The number of hydrogen-bond donors (Lipinski definition) is 3. The quantitative estimate of drug-likeness (QED) is 0.590. The number of anilines is 2. The van der Waals surface area contributed by atoms with Crippen molar-refractivity contribution in [3.05, 3.63) is 17.8 Å². The number of fused-ring (bicyclic) bond motifs is 1. The van der Waals surface area contributed by atoms with E-state index >= 15 is 0 Å². The molecule has 1 aromatic rings. The maximum Gasteiger partial charge on any atom is 0.337 e. The number of carbonyl (C=O) groups excluding carboxylic acids is 1. The molecule has 1 amide bonds. The zero-order valence-electron chi connectivity index (χ0n) is 7.07. The molecular weight excluding hydrogens is 186 g/mol. The zero-order valence-corrected chi connectivity index (χ0v) is 7.07. The van der Waals surface area contributed by atoms with Crippen LogP contribution in [0.2, 0.25) is 0 Å². The SMILES string of the molecule is O=C1CNc2cc(C(=O)O)cnc2N1. The number of hydrogen-bond acceptors (Lipinski definition) is 4. The lowest BCUT2D eigenvalue weighted by Gasteiger charge is -2.17. The molecule has 6 nitrogen and oxygen atoms in total. The number of aromatic carboxylic acids is 1. The Morgan fingerprint density at radius 1 is 1.57 bits per heavy atom. The Bertz CT molecular complexity index is 416. The summed E-state index contributed by atoms with van der Waals surface area (Å²) in [5.41, 5.74) is 0.622. The van der Waals surface area contributed by atoms with Crippen molar-refractivity contribution in [2.45, 2.75) is 0 Å². The highest BCUT2D eigenvalue weighted by Gasteiger charge is 2.16. The average molecular weight is 193 g/mol. The smallest absolute Gasteiger partial charge is 0.337 e. The lowest BCUT2D eigenvalue weighted by Crippen LogP contribution is -2.28. The van der Waals surface area contributed by atoms with Crippen LogP contribution in [-0.2, 0) is 4.79 Å². The Balaban J connectivity index is 2.41. The first kappa shape index (κ1) is 8.49. The molecule has 6 heteroatoms. The molecule has 0 bridgehead atoms. The minimum absolute atomic E-state index is 0.0902. The normalized spacial score (nSPS) is 13.9. The van der Waals surface area contributed by atoms with E-state index in [4.69, 9.17) is 5.11 Å².